The highest BCUT2D eigenvalue weighted by Crippen LogP contribution is 2.26. The molecule has 0 aliphatic heterocycles. The van der Waals surface area contributed by atoms with Gasteiger partial charge in [0.05, 0.1) is 9.67 Å². The van der Waals surface area contributed by atoms with E-state index in [0.29, 0.717) is 12.5 Å². The molecule has 1 heterocycles. The second kappa shape index (κ2) is 5.89. The predicted molar refractivity (Wildman–Crippen MR) is 77.1 cm³/mol. The molecule has 0 amide bonds. The summed E-state index contributed by atoms with van der Waals surface area (Å²) in [5, 5.41) is 0. The van der Waals surface area contributed by atoms with E-state index in [-0.39, 0.29) is 0 Å². The van der Waals surface area contributed by atoms with Crippen LogP contribution in [0.15, 0.2) is 34.1 Å². The molecule has 90 valence electrons. The van der Waals surface area contributed by atoms with E-state index < -0.39 is 0 Å². The molecular weight excluding hydrogens is 320 g/mol. The van der Waals surface area contributed by atoms with Crippen LogP contribution < -0.4 is 4.74 Å². The molecule has 0 radical (unpaired) electrons. The van der Waals surface area contributed by atoms with Crippen molar-refractivity contribution in [3.8, 4) is 5.75 Å². The van der Waals surface area contributed by atoms with Crippen LogP contribution in [-0.4, -0.2) is 0 Å². The van der Waals surface area contributed by atoms with Crippen molar-refractivity contribution in [2.24, 2.45) is 0 Å². The summed E-state index contributed by atoms with van der Waals surface area (Å²) in [6.45, 7) is 2.64. The first-order valence-corrected chi connectivity index (χ1v) is 7.36. The van der Waals surface area contributed by atoms with E-state index >= 15 is 0 Å². The molecule has 4 heteroatoms. The van der Waals surface area contributed by atoms with E-state index in [4.69, 9.17) is 16.3 Å². The molecule has 2 aromatic rings. The van der Waals surface area contributed by atoms with E-state index in [1.165, 1.54) is 10.4 Å². The molecule has 17 heavy (non-hydrogen) atoms. The van der Waals surface area contributed by atoms with Crippen LogP contribution in [0, 0.1) is 6.92 Å². The molecule has 0 unspecified atom stereocenters. The van der Waals surface area contributed by atoms with Gasteiger partial charge in [-0.3, -0.25) is 0 Å². The van der Waals surface area contributed by atoms with Crippen molar-refractivity contribution in [3.05, 3.63) is 50.1 Å². The number of thiophene rings is 1. The van der Waals surface area contributed by atoms with E-state index in [1.54, 1.807) is 11.3 Å². The van der Waals surface area contributed by atoms with Crippen LogP contribution in [0.5, 0.6) is 5.75 Å². The summed E-state index contributed by atoms with van der Waals surface area (Å²) in [5.41, 5.74) is 2.24. The van der Waals surface area contributed by atoms with Gasteiger partial charge < -0.3 is 4.74 Å². The van der Waals surface area contributed by atoms with Gasteiger partial charge in [0.25, 0.3) is 0 Å². The largest absolute Gasteiger partial charge is 0.488 e. The van der Waals surface area contributed by atoms with Gasteiger partial charge in [-0.15, -0.1) is 22.9 Å². The molecule has 0 saturated carbocycles. The van der Waals surface area contributed by atoms with E-state index in [1.807, 2.05) is 18.2 Å². The van der Waals surface area contributed by atoms with Gasteiger partial charge in [-0.1, -0.05) is 17.7 Å². The zero-order valence-corrected chi connectivity index (χ0v) is 12.5. The number of hydrogen-bond acceptors (Lipinski definition) is 2. The average Bonchev–Trinajstić information content (AvgIpc) is 2.73. The number of halogens is 2. The van der Waals surface area contributed by atoms with Gasteiger partial charge in [0.1, 0.15) is 12.4 Å². The highest BCUT2D eigenvalue weighted by atomic mass is 79.9. The van der Waals surface area contributed by atoms with Crippen molar-refractivity contribution in [2.45, 2.75) is 19.4 Å². The summed E-state index contributed by atoms with van der Waals surface area (Å²) in [5.74, 6) is 1.35. The summed E-state index contributed by atoms with van der Waals surface area (Å²) in [6, 6.07) is 10.2. The highest BCUT2D eigenvalue weighted by molar-refractivity contribution is 9.11. The predicted octanol–water partition coefficient (Wildman–Crippen LogP) is 5.14. The summed E-state index contributed by atoms with van der Waals surface area (Å²) in [4.78, 5) is 1.19. The Hall–Kier alpha value is -0.510. The second-order valence-corrected chi connectivity index (χ2v) is 6.55. The number of benzene rings is 1. The fourth-order valence-corrected chi connectivity index (χ4v) is 3.14. The standard InChI is InChI=1S/C13H12BrClOS/c1-9-2-4-12(10(6-9)7-15)16-8-11-3-5-13(14)17-11/h2-6H,7-8H2,1H3. The molecule has 0 aliphatic rings. The van der Waals surface area contributed by atoms with Crippen molar-refractivity contribution in [3.63, 3.8) is 0 Å². The Morgan fingerprint density at radius 3 is 2.76 bits per heavy atom. The van der Waals surface area contributed by atoms with Gasteiger partial charge >= 0.3 is 0 Å². The second-order valence-electron chi connectivity index (χ2n) is 3.74. The maximum atomic E-state index is 5.91. The maximum absolute atomic E-state index is 5.91. The average molecular weight is 332 g/mol. The topological polar surface area (TPSA) is 9.23 Å². The minimum absolute atomic E-state index is 0.477. The number of ether oxygens (including phenoxy) is 1. The Labute approximate surface area is 119 Å². The zero-order chi connectivity index (χ0) is 12.3. The summed E-state index contributed by atoms with van der Waals surface area (Å²) in [6.07, 6.45) is 0. The summed E-state index contributed by atoms with van der Waals surface area (Å²) >= 11 is 11.0. The minimum Gasteiger partial charge on any atom is -0.488 e. The smallest absolute Gasteiger partial charge is 0.124 e. The Bertz CT molecular complexity index is 510. The maximum Gasteiger partial charge on any atom is 0.124 e. The molecule has 1 aromatic heterocycles. The van der Waals surface area contributed by atoms with Crippen LogP contribution in [0.3, 0.4) is 0 Å². The number of aryl methyl sites for hydroxylation is 1. The molecular formula is C13H12BrClOS. The SMILES string of the molecule is Cc1ccc(OCc2ccc(Br)s2)c(CCl)c1. The summed E-state index contributed by atoms with van der Waals surface area (Å²) in [7, 11) is 0. The van der Waals surface area contributed by atoms with Gasteiger partial charge in [-0.05, 0) is 41.1 Å². The number of rotatable bonds is 4. The fourth-order valence-electron chi connectivity index (χ4n) is 1.53. The molecule has 1 nitrogen and oxygen atoms in total. The molecule has 0 N–H and O–H groups in total. The third-order valence-corrected chi connectivity index (χ3v) is 4.24. The first-order chi connectivity index (χ1) is 8.19. The first kappa shape index (κ1) is 12.9. The van der Waals surface area contributed by atoms with E-state index in [9.17, 15) is 0 Å². The quantitative estimate of drug-likeness (QED) is 0.705. The van der Waals surface area contributed by atoms with Gasteiger partial charge in [-0.25, -0.2) is 0 Å². The van der Waals surface area contributed by atoms with Crippen LogP contribution in [0.4, 0.5) is 0 Å². The zero-order valence-electron chi connectivity index (χ0n) is 9.37. The Balaban J connectivity index is 2.08. The molecule has 2 rings (SSSR count). The van der Waals surface area contributed by atoms with Crippen LogP contribution in [0.1, 0.15) is 16.0 Å². The van der Waals surface area contributed by atoms with Crippen molar-refractivity contribution in [2.75, 3.05) is 0 Å². The van der Waals surface area contributed by atoms with Crippen molar-refractivity contribution in [1.82, 2.24) is 0 Å². The van der Waals surface area contributed by atoms with Gasteiger partial charge in [-0.2, -0.15) is 0 Å². The molecule has 0 aliphatic carbocycles. The lowest BCUT2D eigenvalue weighted by molar-refractivity contribution is 0.307. The third kappa shape index (κ3) is 3.47. The number of hydrogen-bond donors (Lipinski definition) is 0. The Morgan fingerprint density at radius 2 is 2.12 bits per heavy atom. The molecule has 1 aromatic carbocycles. The normalized spacial score (nSPS) is 10.5. The molecule has 0 spiro atoms. The van der Waals surface area contributed by atoms with Crippen LogP contribution >= 0.6 is 38.9 Å². The molecule has 0 bridgehead atoms. The molecule has 0 fully saturated rings. The third-order valence-electron chi connectivity index (χ3n) is 2.36. The highest BCUT2D eigenvalue weighted by Gasteiger charge is 2.04. The molecule has 0 atom stereocenters. The summed E-state index contributed by atoms with van der Waals surface area (Å²) < 4.78 is 6.91. The fraction of sp³-hybridized carbons (Fsp3) is 0.231. The van der Waals surface area contributed by atoms with E-state index in [0.717, 1.165) is 15.1 Å². The minimum atomic E-state index is 0.477. The lowest BCUT2D eigenvalue weighted by atomic mass is 10.1. The van der Waals surface area contributed by atoms with Crippen molar-refractivity contribution < 1.29 is 4.74 Å². The van der Waals surface area contributed by atoms with Gasteiger partial charge in [0.2, 0.25) is 0 Å². The van der Waals surface area contributed by atoms with Gasteiger partial charge in [0, 0.05) is 10.4 Å². The lowest BCUT2D eigenvalue weighted by Crippen LogP contribution is -1.96. The van der Waals surface area contributed by atoms with Crippen LogP contribution in [0.25, 0.3) is 0 Å². The van der Waals surface area contributed by atoms with Gasteiger partial charge in [0.15, 0.2) is 0 Å². The van der Waals surface area contributed by atoms with Crippen molar-refractivity contribution >= 4 is 38.9 Å². The van der Waals surface area contributed by atoms with Crippen LogP contribution in [0.2, 0.25) is 0 Å². The monoisotopic (exact) mass is 330 g/mol. The lowest BCUT2D eigenvalue weighted by Gasteiger charge is -2.09. The Morgan fingerprint density at radius 1 is 1.29 bits per heavy atom. The van der Waals surface area contributed by atoms with Crippen molar-refractivity contribution in [1.29, 1.82) is 0 Å². The number of alkyl halides is 1. The van der Waals surface area contributed by atoms with Crippen LogP contribution in [-0.2, 0) is 12.5 Å². The first-order valence-electron chi connectivity index (χ1n) is 5.21. The van der Waals surface area contributed by atoms with E-state index in [2.05, 4.69) is 35.0 Å². The Kier molecular flexibility index (Phi) is 4.48. The molecule has 0 saturated heterocycles.